The number of carbonyl (C=O) groups excluding carboxylic acids is 1. The number of ether oxygens (including phenoxy) is 1. The summed E-state index contributed by atoms with van der Waals surface area (Å²) in [6, 6.07) is 8.39. The molecule has 5 nitrogen and oxygen atoms in total. The molecule has 0 spiro atoms. The van der Waals surface area contributed by atoms with Gasteiger partial charge >= 0.3 is 0 Å². The second-order valence-corrected chi connectivity index (χ2v) is 6.51. The molecule has 1 aliphatic heterocycles. The zero-order valence-corrected chi connectivity index (χ0v) is 15.0. The smallest absolute Gasteiger partial charge is 0.136 e. The largest absolute Gasteiger partial charge is 0.492 e. The fraction of sp³-hybridized carbons (Fsp3) is 0.400. The fourth-order valence-electron chi connectivity index (χ4n) is 3.00. The van der Waals surface area contributed by atoms with E-state index >= 15 is 0 Å². The lowest BCUT2D eigenvalue weighted by Gasteiger charge is -2.26. The van der Waals surface area contributed by atoms with Crippen molar-refractivity contribution in [2.75, 3.05) is 39.3 Å². The number of carbonyl (C=O) groups is 1. The van der Waals surface area contributed by atoms with Crippen LogP contribution in [0.1, 0.15) is 12.5 Å². The molecule has 1 saturated heterocycles. The summed E-state index contributed by atoms with van der Waals surface area (Å²) in [6.07, 6.45) is 1.96. The number of ketones is 1. The first-order valence-electron chi connectivity index (χ1n) is 8.92. The number of rotatable bonds is 7. The third kappa shape index (κ3) is 5.09. The van der Waals surface area contributed by atoms with Crippen molar-refractivity contribution in [2.45, 2.75) is 13.3 Å². The summed E-state index contributed by atoms with van der Waals surface area (Å²) < 4.78 is 20.1. The van der Waals surface area contributed by atoms with Crippen molar-refractivity contribution >= 4 is 5.78 Å². The number of aromatic nitrogens is 1. The van der Waals surface area contributed by atoms with Crippen LogP contribution in [-0.4, -0.2) is 55.0 Å². The molecule has 0 radical (unpaired) electrons. The van der Waals surface area contributed by atoms with E-state index in [2.05, 4.69) is 15.2 Å². The lowest BCUT2D eigenvalue weighted by molar-refractivity contribution is -0.116. The molecule has 0 aliphatic carbocycles. The molecule has 0 bridgehead atoms. The minimum absolute atomic E-state index is 0.0769. The van der Waals surface area contributed by atoms with Crippen LogP contribution in [0, 0.1) is 5.82 Å². The van der Waals surface area contributed by atoms with E-state index < -0.39 is 0 Å². The van der Waals surface area contributed by atoms with Crippen LogP contribution in [0.2, 0.25) is 0 Å². The second-order valence-electron chi connectivity index (χ2n) is 6.51. The van der Waals surface area contributed by atoms with Crippen LogP contribution in [0.4, 0.5) is 4.39 Å². The van der Waals surface area contributed by atoms with E-state index in [0.29, 0.717) is 30.0 Å². The van der Waals surface area contributed by atoms with Gasteiger partial charge in [-0.3, -0.25) is 14.7 Å². The number of nitrogens with zero attached hydrogens (tertiary/aromatic N) is 2. The maximum absolute atomic E-state index is 14.4. The molecule has 1 aromatic heterocycles. The lowest BCUT2D eigenvalue weighted by Crippen LogP contribution is -2.44. The van der Waals surface area contributed by atoms with Crippen molar-refractivity contribution in [3.05, 3.63) is 47.9 Å². The standard InChI is InChI=1S/C20H24FN3O2/c1-15(25)12-16-2-5-20(23-14-16)18-4-3-17(13-19(18)21)26-11-10-24-8-6-22-7-9-24/h2-5,13-14,22H,6-12H2,1H3. The van der Waals surface area contributed by atoms with E-state index in [1.807, 2.05) is 0 Å². The Balaban J connectivity index is 1.59. The van der Waals surface area contributed by atoms with E-state index in [1.165, 1.54) is 13.0 Å². The van der Waals surface area contributed by atoms with Gasteiger partial charge in [0.15, 0.2) is 0 Å². The first-order valence-corrected chi connectivity index (χ1v) is 8.92. The number of benzene rings is 1. The number of hydrogen-bond donors (Lipinski definition) is 1. The van der Waals surface area contributed by atoms with Crippen LogP contribution in [0.15, 0.2) is 36.5 Å². The second kappa shape index (κ2) is 8.87. The average molecular weight is 357 g/mol. The lowest BCUT2D eigenvalue weighted by atomic mass is 10.1. The Kier molecular flexibility index (Phi) is 6.30. The maximum Gasteiger partial charge on any atom is 0.136 e. The molecule has 0 unspecified atom stereocenters. The van der Waals surface area contributed by atoms with Crippen molar-refractivity contribution in [3.63, 3.8) is 0 Å². The number of piperazine rings is 1. The summed E-state index contributed by atoms with van der Waals surface area (Å²) in [5.41, 5.74) is 1.80. The van der Waals surface area contributed by atoms with Crippen molar-refractivity contribution in [1.29, 1.82) is 0 Å². The number of Topliss-reactive ketones (excluding diaryl/α,β-unsaturated/α-hetero) is 1. The molecule has 26 heavy (non-hydrogen) atoms. The summed E-state index contributed by atoms with van der Waals surface area (Å²) in [7, 11) is 0. The van der Waals surface area contributed by atoms with Crippen LogP contribution >= 0.6 is 0 Å². The molecule has 2 heterocycles. The minimum atomic E-state index is -0.364. The Labute approximate surface area is 153 Å². The molecule has 0 amide bonds. The molecule has 1 fully saturated rings. The van der Waals surface area contributed by atoms with Gasteiger partial charge in [0.2, 0.25) is 0 Å². The van der Waals surface area contributed by atoms with Gasteiger partial charge in [-0.1, -0.05) is 6.07 Å². The number of pyridine rings is 1. The summed E-state index contributed by atoms with van der Waals surface area (Å²) >= 11 is 0. The predicted molar refractivity (Wildman–Crippen MR) is 98.8 cm³/mol. The van der Waals surface area contributed by atoms with Gasteiger partial charge in [0, 0.05) is 57.0 Å². The van der Waals surface area contributed by atoms with E-state index in [4.69, 9.17) is 4.74 Å². The van der Waals surface area contributed by atoms with E-state index in [1.54, 1.807) is 30.5 Å². The predicted octanol–water partition coefficient (Wildman–Crippen LogP) is 2.30. The highest BCUT2D eigenvalue weighted by atomic mass is 19.1. The molecule has 3 rings (SSSR count). The Bertz CT molecular complexity index is 743. The maximum atomic E-state index is 14.4. The summed E-state index contributed by atoms with van der Waals surface area (Å²) in [5.74, 6) is 0.235. The number of hydrogen-bond acceptors (Lipinski definition) is 5. The van der Waals surface area contributed by atoms with Gasteiger partial charge in [-0.05, 0) is 30.7 Å². The van der Waals surface area contributed by atoms with Crippen LogP contribution in [0.3, 0.4) is 0 Å². The molecule has 1 aliphatic rings. The highest BCUT2D eigenvalue weighted by molar-refractivity contribution is 5.78. The quantitative estimate of drug-likeness (QED) is 0.824. The molecular formula is C20H24FN3O2. The monoisotopic (exact) mass is 357 g/mol. The first kappa shape index (κ1) is 18.5. The molecule has 0 saturated carbocycles. The Morgan fingerprint density at radius 3 is 2.73 bits per heavy atom. The van der Waals surface area contributed by atoms with Gasteiger partial charge in [0.25, 0.3) is 0 Å². The van der Waals surface area contributed by atoms with E-state index in [0.717, 1.165) is 38.3 Å². The van der Waals surface area contributed by atoms with E-state index in [9.17, 15) is 9.18 Å². The molecule has 2 aromatic rings. The van der Waals surface area contributed by atoms with Crippen molar-refractivity contribution in [3.8, 4) is 17.0 Å². The fourth-order valence-corrected chi connectivity index (χ4v) is 3.00. The highest BCUT2D eigenvalue weighted by Crippen LogP contribution is 2.25. The highest BCUT2D eigenvalue weighted by Gasteiger charge is 2.11. The Morgan fingerprint density at radius 1 is 1.27 bits per heavy atom. The number of nitrogens with one attached hydrogen (secondary N) is 1. The topological polar surface area (TPSA) is 54.5 Å². The third-order valence-corrected chi connectivity index (χ3v) is 4.38. The van der Waals surface area contributed by atoms with Gasteiger partial charge in [-0.25, -0.2) is 4.39 Å². The van der Waals surface area contributed by atoms with Crippen LogP contribution in [0.25, 0.3) is 11.3 Å². The normalized spacial score (nSPS) is 15.0. The molecule has 6 heteroatoms. The van der Waals surface area contributed by atoms with Crippen molar-refractivity contribution in [2.24, 2.45) is 0 Å². The van der Waals surface area contributed by atoms with Crippen LogP contribution in [-0.2, 0) is 11.2 Å². The molecular weight excluding hydrogens is 333 g/mol. The molecule has 138 valence electrons. The first-order chi connectivity index (χ1) is 12.6. The average Bonchev–Trinajstić information content (AvgIpc) is 2.63. The summed E-state index contributed by atoms with van der Waals surface area (Å²) in [6.45, 7) is 6.95. The third-order valence-electron chi connectivity index (χ3n) is 4.38. The molecule has 1 N–H and O–H groups in total. The number of halogens is 1. The van der Waals surface area contributed by atoms with E-state index in [-0.39, 0.29) is 11.6 Å². The molecule has 1 aromatic carbocycles. The van der Waals surface area contributed by atoms with Crippen LogP contribution in [0.5, 0.6) is 5.75 Å². The minimum Gasteiger partial charge on any atom is -0.492 e. The zero-order chi connectivity index (χ0) is 18.4. The SMILES string of the molecule is CC(=O)Cc1ccc(-c2ccc(OCCN3CCNCC3)cc2F)nc1. The summed E-state index contributed by atoms with van der Waals surface area (Å²) in [5, 5.41) is 3.31. The van der Waals surface area contributed by atoms with Gasteiger partial charge in [0.1, 0.15) is 24.0 Å². The van der Waals surface area contributed by atoms with Crippen LogP contribution < -0.4 is 10.1 Å². The Morgan fingerprint density at radius 2 is 2.08 bits per heavy atom. The Hall–Kier alpha value is -2.31. The van der Waals surface area contributed by atoms with Gasteiger partial charge < -0.3 is 10.1 Å². The van der Waals surface area contributed by atoms with Gasteiger partial charge in [0.05, 0.1) is 5.69 Å². The van der Waals surface area contributed by atoms with Crippen molar-refractivity contribution < 1.29 is 13.9 Å². The van der Waals surface area contributed by atoms with Gasteiger partial charge in [-0.15, -0.1) is 0 Å². The zero-order valence-electron chi connectivity index (χ0n) is 15.0. The molecule has 0 atom stereocenters. The summed E-state index contributed by atoms with van der Waals surface area (Å²) in [4.78, 5) is 17.7. The van der Waals surface area contributed by atoms with Crippen molar-refractivity contribution in [1.82, 2.24) is 15.2 Å². The van der Waals surface area contributed by atoms with Gasteiger partial charge in [-0.2, -0.15) is 0 Å².